The maximum absolute atomic E-state index is 5.94. The van der Waals surface area contributed by atoms with Crippen LogP contribution in [0.25, 0.3) is 10.8 Å². The minimum Gasteiger partial charge on any atom is -0.372 e. The Hall–Kier alpha value is -0.860. The lowest BCUT2D eigenvalue weighted by Gasteiger charge is -2.29. The summed E-state index contributed by atoms with van der Waals surface area (Å²) in [6.45, 7) is 0.871. The Labute approximate surface area is 110 Å². The molecule has 0 amide bonds. The van der Waals surface area contributed by atoms with Crippen LogP contribution in [0.4, 0.5) is 0 Å². The number of fused-ring (bicyclic) bond motifs is 1. The van der Waals surface area contributed by atoms with Gasteiger partial charge in [-0.15, -0.1) is 0 Å². The molecule has 1 aliphatic heterocycles. The van der Waals surface area contributed by atoms with Gasteiger partial charge in [-0.1, -0.05) is 58.4 Å². The monoisotopic (exact) mass is 290 g/mol. The first-order valence-corrected chi connectivity index (χ1v) is 7.01. The molecule has 0 spiro atoms. The lowest BCUT2D eigenvalue weighted by molar-refractivity contribution is 0.0227. The van der Waals surface area contributed by atoms with Crippen LogP contribution in [0.3, 0.4) is 0 Å². The molecule has 1 fully saturated rings. The first-order chi connectivity index (χ1) is 8.36. The summed E-state index contributed by atoms with van der Waals surface area (Å²) in [6.07, 6.45) is 2.53. The molecule has 0 N–H and O–H groups in total. The van der Waals surface area contributed by atoms with E-state index < -0.39 is 0 Å². The molecule has 0 saturated carbocycles. The molecule has 1 saturated heterocycles. The predicted octanol–water partition coefficient (Wildman–Crippen LogP) is 4.45. The molecule has 2 atom stereocenters. The maximum atomic E-state index is 5.94. The molecule has 0 aliphatic carbocycles. The molecular formula is C15H15BrO. The third-order valence-corrected chi connectivity index (χ3v) is 4.32. The highest BCUT2D eigenvalue weighted by Crippen LogP contribution is 2.36. The SMILES string of the molecule is BrC1CCCOC1c1cccc2ccccc12. The standard InChI is InChI=1S/C15H15BrO/c16-14-9-4-10-17-15(14)13-8-3-6-11-5-1-2-7-12(11)13/h1-3,5-8,14-15H,4,9-10H2. The first kappa shape index (κ1) is 11.2. The van der Waals surface area contributed by atoms with Crippen molar-refractivity contribution >= 4 is 26.7 Å². The third-order valence-electron chi connectivity index (χ3n) is 3.38. The van der Waals surface area contributed by atoms with Crippen molar-refractivity contribution in [3.05, 3.63) is 48.0 Å². The largest absolute Gasteiger partial charge is 0.372 e. The van der Waals surface area contributed by atoms with E-state index in [1.54, 1.807) is 0 Å². The lowest BCUT2D eigenvalue weighted by Crippen LogP contribution is -2.22. The van der Waals surface area contributed by atoms with Crippen molar-refractivity contribution in [2.24, 2.45) is 0 Å². The fourth-order valence-corrected chi connectivity index (χ4v) is 3.29. The average Bonchev–Trinajstić information content (AvgIpc) is 2.39. The van der Waals surface area contributed by atoms with E-state index in [1.165, 1.54) is 22.8 Å². The number of ether oxygens (including phenoxy) is 1. The third kappa shape index (κ3) is 2.12. The van der Waals surface area contributed by atoms with Gasteiger partial charge in [-0.2, -0.15) is 0 Å². The second kappa shape index (κ2) is 4.79. The maximum Gasteiger partial charge on any atom is 0.0955 e. The second-order valence-corrected chi connectivity index (χ2v) is 5.69. The van der Waals surface area contributed by atoms with Gasteiger partial charge < -0.3 is 4.74 Å². The van der Waals surface area contributed by atoms with Gasteiger partial charge >= 0.3 is 0 Å². The van der Waals surface area contributed by atoms with E-state index in [4.69, 9.17) is 4.74 Å². The predicted molar refractivity (Wildman–Crippen MR) is 74.6 cm³/mol. The highest BCUT2D eigenvalue weighted by atomic mass is 79.9. The zero-order chi connectivity index (χ0) is 11.7. The zero-order valence-electron chi connectivity index (χ0n) is 9.60. The summed E-state index contributed by atoms with van der Waals surface area (Å²) in [6, 6.07) is 15.0. The van der Waals surface area contributed by atoms with Gasteiger partial charge in [0, 0.05) is 11.4 Å². The topological polar surface area (TPSA) is 9.23 Å². The summed E-state index contributed by atoms with van der Waals surface area (Å²) < 4.78 is 5.94. The molecule has 1 aliphatic rings. The number of hydrogen-bond acceptors (Lipinski definition) is 1. The molecule has 1 heterocycles. The summed E-state index contributed by atoms with van der Waals surface area (Å²) >= 11 is 3.75. The number of hydrogen-bond donors (Lipinski definition) is 0. The molecule has 88 valence electrons. The summed E-state index contributed by atoms with van der Waals surface area (Å²) in [5, 5.41) is 2.60. The van der Waals surface area contributed by atoms with Crippen molar-refractivity contribution in [3.8, 4) is 0 Å². The van der Waals surface area contributed by atoms with Gasteiger partial charge in [-0.05, 0) is 29.2 Å². The van der Waals surface area contributed by atoms with Crippen LogP contribution >= 0.6 is 15.9 Å². The van der Waals surface area contributed by atoms with E-state index in [9.17, 15) is 0 Å². The Morgan fingerprint density at radius 2 is 1.88 bits per heavy atom. The second-order valence-electron chi connectivity index (χ2n) is 4.52. The Morgan fingerprint density at radius 3 is 2.76 bits per heavy atom. The molecule has 0 radical (unpaired) electrons. The highest BCUT2D eigenvalue weighted by molar-refractivity contribution is 9.09. The fourth-order valence-electron chi connectivity index (χ4n) is 2.53. The fraction of sp³-hybridized carbons (Fsp3) is 0.333. The molecule has 2 aromatic rings. The van der Waals surface area contributed by atoms with Crippen LogP contribution in [0.2, 0.25) is 0 Å². The van der Waals surface area contributed by atoms with Gasteiger partial charge in [0.25, 0.3) is 0 Å². The minimum absolute atomic E-state index is 0.190. The Morgan fingerprint density at radius 1 is 1.06 bits per heavy atom. The number of benzene rings is 2. The van der Waals surface area contributed by atoms with E-state index in [2.05, 4.69) is 58.4 Å². The molecule has 2 aromatic carbocycles. The van der Waals surface area contributed by atoms with Gasteiger partial charge in [0.15, 0.2) is 0 Å². The molecule has 17 heavy (non-hydrogen) atoms. The van der Waals surface area contributed by atoms with Crippen LogP contribution in [0.15, 0.2) is 42.5 Å². The Balaban J connectivity index is 2.10. The van der Waals surface area contributed by atoms with E-state index in [1.807, 2.05) is 0 Å². The summed E-state index contributed by atoms with van der Waals surface area (Å²) in [5.74, 6) is 0. The Kier molecular flexibility index (Phi) is 3.17. The van der Waals surface area contributed by atoms with Gasteiger partial charge in [-0.3, -0.25) is 0 Å². The zero-order valence-corrected chi connectivity index (χ0v) is 11.2. The van der Waals surface area contributed by atoms with Gasteiger partial charge in [0.1, 0.15) is 0 Å². The van der Waals surface area contributed by atoms with E-state index in [0.29, 0.717) is 4.83 Å². The first-order valence-electron chi connectivity index (χ1n) is 6.09. The molecule has 2 unspecified atom stereocenters. The van der Waals surface area contributed by atoms with Crippen molar-refractivity contribution in [3.63, 3.8) is 0 Å². The van der Waals surface area contributed by atoms with Crippen molar-refractivity contribution in [2.45, 2.75) is 23.8 Å². The lowest BCUT2D eigenvalue weighted by atomic mass is 9.96. The molecule has 0 aromatic heterocycles. The van der Waals surface area contributed by atoms with Crippen LogP contribution in [0.5, 0.6) is 0 Å². The number of halogens is 1. The average molecular weight is 291 g/mol. The van der Waals surface area contributed by atoms with Gasteiger partial charge in [-0.25, -0.2) is 0 Å². The summed E-state index contributed by atoms with van der Waals surface area (Å²) in [4.78, 5) is 0.432. The minimum atomic E-state index is 0.190. The normalized spacial score (nSPS) is 25.0. The summed E-state index contributed by atoms with van der Waals surface area (Å²) in [5.41, 5.74) is 1.31. The van der Waals surface area contributed by atoms with Crippen molar-refractivity contribution in [1.29, 1.82) is 0 Å². The molecule has 1 nitrogen and oxygen atoms in total. The van der Waals surface area contributed by atoms with Crippen molar-refractivity contribution < 1.29 is 4.74 Å². The number of alkyl halides is 1. The Bertz CT molecular complexity index is 518. The number of rotatable bonds is 1. The highest BCUT2D eigenvalue weighted by Gasteiger charge is 2.26. The van der Waals surface area contributed by atoms with Crippen LogP contribution in [-0.2, 0) is 4.74 Å². The van der Waals surface area contributed by atoms with Crippen LogP contribution in [0.1, 0.15) is 24.5 Å². The quantitative estimate of drug-likeness (QED) is 0.705. The van der Waals surface area contributed by atoms with Crippen LogP contribution in [0, 0.1) is 0 Å². The smallest absolute Gasteiger partial charge is 0.0955 e. The molecular weight excluding hydrogens is 276 g/mol. The van der Waals surface area contributed by atoms with Gasteiger partial charge in [0.05, 0.1) is 6.10 Å². The molecule has 0 bridgehead atoms. The van der Waals surface area contributed by atoms with E-state index in [-0.39, 0.29) is 6.10 Å². The van der Waals surface area contributed by atoms with Crippen LogP contribution in [-0.4, -0.2) is 11.4 Å². The van der Waals surface area contributed by atoms with E-state index >= 15 is 0 Å². The van der Waals surface area contributed by atoms with E-state index in [0.717, 1.165) is 13.0 Å². The van der Waals surface area contributed by atoms with Crippen LogP contribution < -0.4 is 0 Å². The van der Waals surface area contributed by atoms with Crippen molar-refractivity contribution in [2.75, 3.05) is 6.61 Å². The van der Waals surface area contributed by atoms with Crippen molar-refractivity contribution in [1.82, 2.24) is 0 Å². The summed E-state index contributed by atoms with van der Waals surface area (Å²) in [7, 11) is 0. The molecule has 2 heteroatoms. The van der Waals surface area contributed by atoms with Gasteiger partial charge in [0.2, 0.25) is 0 Å². The molecule has 3 rings (SSSR count).